The van der Waals surface area contributed by atoms with Crippen molar-refractivity contribution in [3.8, 4) is 16.8 Å². The fraction of sp³-hybridized carbons (Fsp3) is 0.412. The smallest absolute Gasteiger partial charge is 0.159 e. The number of hydrogen-bond donors (Lipinski definition) is 0. The summed E-state index contributed by atoms with van der Waals surface area (Å²) in [4.78, 5) is 0. The monoisotopic (exact) mass is 703 g/mol. The second kappa shape index (κ2) is 9.36. The second-order valence-corrected chi connectivity index (χ2v) is 19.7. The predicted octanol–water partition coefficient (Wildman–Crippen LogP) is 12.7. The van der Waals surface area contributed by atoms with Gasteiger partial charge in [-0.25, -0.2) is 0 Å². The highest BCUT2D eigenvalue weighted by Crippen LogP contribution is 2.82. The van der Waals surface area contributed by atoms with Gasteiger partial charge in [0.05, 0.1) is 16.7 Å². The standard InChI is InChI=1S/C51H45NO2/c1-3-9-44-38(6-1)41-21-30(13-15-45(41)52(44)46-10-5-8-40-39-7-2-4-11-47(39)53-48(40)46)31-12-14-42-43(22-31)50(34-17-28-16-29(19-34)20-35(50)18-28)54-51(42)36-24-32-23-33-25-37(51)27-49(32,33)26-36/h1-15,21-22,28-29,32-37H,16-20,23-27H2. The zero-order valence-electron chi connectivity index (χ0n) is 30.8. The van der Waals surface area contributed by atoms with Gasteiger partial charge >= 0.3 is 0 Å². The van der Waals surface area contributed by atoms with Crippen molar-refractivity contribution in [1.29, 1.82) is 0 Å². The molecule has 0 radical (unpaired) electrons. The molecular formula is C51H45NO2. The zero-order valence-corrected chi connectivity index (χ0v) is 30.8. The number of aromatic nitrogens is 1. The van der Waals surface area contributed by atoms with E-state index in [2.05, 4.69) is 108 Å². The van der Waals surface area contributed by atoms with Gasteiger partial charge in [-0.15, -0.1) is 0 Å². The maximum absolute atomic E-state index is 8.27. The molecule has 7 aromatic rings. The van der Waals surface area contributed by atoms with Crippen molar-refractivity contribution in [2.24, 2.45) is 52.8 Å². The highest BCUT2D eigenvalue weighted by atomic mass is 16.5. The number of para-hydroxylation sites is 3. The van der Waals surface area contributed by atoms with Gasteiger partial charge < -0.3 is 13.7 Å². The third-order valence-corrected chi connectivity index (χ3v) is 18.0. The van der Waals surface area contributed by atoms with Gasteiger partial charge in [0.15, 0.2) is 5.58 Å². The SMILES string of the molecule is c1ccc2c(c1)oc1c(-n3c4ccccc4c4cc(-c5ccc6c(c5)C5(OC67C6CC8CC9CC7CC89C6)C6CC7CC(C6)CC5C7)ccc43)cccc12. The van der Waals surface area contributed by atoms with E-state index < -0.39 is 0 Å². The molecule has 3 nitrogen and oxygen atoms in total. The maximum atomic E-state index is 8.27. The highest BCUT2D eigenvalue weighted by molar-refractivity contribution is 6.13. The molecule has 3 heterocycles. The van der Waals surface area contributed by atoms with Crippen LogP contribution in [-0.2, 0) is 15.9 Å². The molecule has 3 heteroatoms. The Morgan fingerprint density at radius 2 is 1.13 bits per heavy atom. The summed E-state index contributed by atoms with van der Waals surface area (Å²) < 4.78 is 17.3. The van der Waals surface area contributed by atoms with Gasteiger partial charge in [-0.3, -0.25) is 0 Å². The summed E-state index contributed by atoms with van der Waals surface area (Å²) in [6.07, 6.45) is 14.3. The van der Waals surface area contributed by atoms with Gasteiger partial charge in [0.2, 0.25) is 0 Å². The van der Waals surface area contributed by atoms with E-state index in [0.717, 1.165) is 40.5 Å². The molecule has 4 atom stereocenters. The van der Waals surface area contributed by atoms with E-state index in [1.54, 1.807) is 11.1 Å². The third-order valence-electron chi connectivity index (χ3n) is 18.0. The molecule has 54 heavy (non-hydrogen) atoms. The summed E-state index contributed by atoms with van der Waals surface area (Å²) in [5.41, 5.74) is 11.9. The lowest BCUT2D eigenvalue weighted by molar-refractivity contribution is -0.281. The Labute approximate surface area is 315 Å². The molecule has 7 bridgehead atoms. The first-order valence-electron chi connectivity index (χ1n) is 21.4. The summed E-state index contributed by atoms with van der Waals surface area (Å²) in [7, 11) is 0. The number of nitrogens with zero attached hydrogens (tertiary/aromatic N) is 1. The molecule has 8 aliphatic carbocycles. The summed E-state index contributed by atoms with van der Waals surface area (Å²) in [5.74, 6) is 6.62. The van der Waals surface area contributed by atoms with Crippen LogP contribution in [0.15, 0.2) is 108 Å². The Balaban J connectivity index is 0.928. The number of benzene rings is 5. The molecule has 8 fully saturated rings. The molecule has 16 rings (SSSR count). The van der Waals surface area contributed by atoms with Gasteiger partial charge in [0.1, 0.15) is 16.8 Å². The first kappa shape index (κ1) is 29.0. The highest BCUT2D eigenvalue weighted by Gasteiger charge is 2.78. The molecular weight excluding hydrogens is 659 g/mol. The fourth-order valence-corrected chi connectivity index (χ4v) is 16.4. The van der Waals surface area contributed by atoms with E-state index in [1.807, 2.05) is 0 Å². The number of hydrogen-bond acceptors (Lipinski definition) is 2. The Bertz CT molecular complexity index is 2760. The van der Waals surface area contributed by atoms with Crippen LogP contribution in [0.1, 0.15) is 75.3 Å². The predicted molar refractivity (Wildman–Crippen MR) is 214 cm³/mol. The Morgan fingerprint density at radius 1 is 0.481 bits per heavy atom. The molecule has 3 spiro atoms. The summed E-state index contributed by atoms with van der Waals surface area (Å²) >= 11 is 0. The number of furan rings is 1. The molecule has 9 aliphatic rings. The number of rotatable bonds is 2. The van der Waals surface area contributed by atoms with Crippen LogP contribution < -0.4 is 0 Å². The van der Waals surface area contributed by atoms with Crippen molar-refractivity contribution >= 4 is 43.7 Å². The van der Waals surface area contributed by atoms with Crippen LogP contribution in [0.4, 0.5) is 0 Å². The Kier molecular flexibility index (Phi) is 5.03. The lowest BCUT2D eigenvalue weighted by Gasteiger charge is -2.61. The fourth-order valence-electron chi connectivity index (χ4n) is 16.4. The Morgan fingerprint density at radius 3 is 1.94 bits per heavy atom. The second-order valence-electron chi connectivity index (χ2n) is 19.7. The van der Waals surface area contributed by atoms with Gasteiger partial charge in [0.25, 0.3) is 0 Å². The van der Waals surface area contributed by atoms with Crippen LogP contribution in [0.2, 0.25) is 0 Å². The van der Waals surface area contributed by atoms with Gasteiger partial charge in [0, 0.05) is 21.5 Å². The average molecular weight is 704 g/mol. The van der Waals surface area contributed by atoms with Crippen LogP contribution in [0.3, 0.4) is 0 Å². The van der Waals surface area contributed by atoms with Crippen molar-refractivity contribution in [2.45, 2.75) is 75.4 Å². The van der Waals surface area contributed by atoms with Crippen LogP contribution in [0, 0.1) is 52.8 Å². The van der Waals surface area contributed by atoms with E-state index >= 15 is 0 Å². The van der Waals surface area contributed by atoms with E-state index in [4.69, 9.17) is 9.15 Å². The Hall–Kier alpha value is -4.34. The minimum absolute atomic E-state index is 0.0499. The first-order valence-corrected chi connectivity index (χ1v) is 21.4. The molecule has 2 aromatic heterocycles. The topological polar surface area (TPSA) is 27.3 Å². The first-order chi connectivity index (χ1) is 26.6. The molecule has 5 aromatic carbocycles. The van der Waals surface area contributed by atoms with Crippen molar-refractivity contribution < 1.29 is 9.15 Å². The molecule has 0 saturated heterocycles. The summed E-state index contributed by atoms with van der Waals surface area (Å²) in [6, 6.07) is 39.0. The van der Waals surface area contributed by atoms with Gasteiger partial charge in [-0.1, -0.05) is 66.7 Å². The lowest BCUT2D eigenvalue weighted by atomic mass is 9.48. The van der Waals surface area contributed by atoms with E-state index in [0.29, 0.717) is 29.1 Å². The van der Waals surface area contributed by atoms with Crippen LogP contribution in [-0.4, -0.2) is 4.57 Å². The lowest BCUT2D eigenvalue weighted by Crippen LogP contribution is -2.57. The zero-order chi connectivity index (χ0) is 34.7. The van der Waals surface area contributed by atoms with Crippen LogP contribution in [0.25, 0.3) is 60.6 Å². The summed E-state index contributed by atoms with van der Waals surface area (Å²) in [6.45, 7) is 0. The van der Waals surface area contributed by atoms with E-state index in [1.165, 1.54) is 108 Å². The van der Waals surface area contributed by atoms with Gasteiger partial charge in [-0.2, -0.15) is 0 Å². The van der Waals surface area contributed by atoms with Crippen molar-refractivity contribution in [2.75, 3.05) is 0 Å². The van der Waals surface area contributed by atoms with E-state index in [-0.39, 0.29) is 11.2 Å². The molecule has 1 aliphatic heterocycles. The number of fused-ring (bicyclic) bond motifs is 12. The molecule has 4 unspecified atom stereocenters. The normalized spacial score (nSPS) is 38.9. The van der Waals surface area contributed by atoms with Gasteiger partial charge in [-0.05, 0) is 176 Å². The minimum atomic E-state index is -0.0838. The largest absolute Gasteiger partial charge is 0.454 e. The minimum Gasteiger partial charge on any atom is -0.454 e. The third kappa shape index (κ3) is 3.14. The van der Waals surface area contributed by atoms with Crippen molar-refractivity contribution in [3.63, 3.8) is 0 Å². The number of ether oxygens (including phenoxy) is 1. The average Bonchev–Trinajstić information content (AvgIpc) is 3.95. The van der Waals surface area contributed by atoms with Crippen molar-refractivity contribution in [3.05, 3.63) is 114 Å². The van der Waals surface area contributed by atoms with Crippen LogP contribution in [0.5, 0.6) is 0 Å². The maximum Gasteiger partial charge on any atom is 0.159 e. The molecule has 266 valence electrons. The van der Waals surface area contributed by atoms with E-state index in [9.17, 15) is 0 Å². The molecule has 0 amide bonds. The molecule has 8 saturated carbocycles. The van der Waals surface area contributed by atoms with Crippen molar-refractivity contribution in [1.82, 2.24) is 4.57 Å². The summed E-state index contributed by atoms with van der Waals surface area (Å²) in [5, 5.41) is 4.92. The molecule has 0 N–H and O–H groups in total. The quantitative estimate of drug-likeness (QED) is 0.179. The van der Waals surface area contributed by atoms with Crippen LogP contribution >= 0.6 is 0 Å².